The molecule has 30 heavy (non-hydrogen) atoms. The lowest BCUT2D eigenvalue weighted by molar-refractivity contribution is -0.143. The van der Waals surface area contributed by atoms with Crippen LogP contribution in [0.4, 0.5) is 4.79 Å². The van der Waals surface area contributed by atoms with E-state index in [9.17, 15) is 28.8 Å². The van der Waals surface area contributed by atoms with Crippen LogP contribution in [0.2, 0.25) is 0 Å². The van der Waals surface area contributed by atoms with Crippen LogP contribution < -0.4 is 11.1 Å². The number of rotatable bonds is 13. The number of imide groups is 1. The molecule has 13 heteroatoms. The zero-order chi connectivity index (χ0) is 23.4. The molecule has 0 aliphatic carbocycles. The Labute approximate surface area is 178 Å². The maximum absolute atomic E-state index is 12.3. The van der Waals surface area contributed by atoms with E-state index in [1.165, 1.54) is 4.90 Å². The number of aliphatic carboxylic acids is 1. The summed E-state index contributed by atoms with van der Waals surface area (Å²) in [7, 11) is 1.00. The first-order valence-corrected chi connectivity index (χ1v) is 10.3. The molecule has 0 heterocycles. The minimum absolute atomic E-state index is 0.162. The van der Waals surface area contributed by atoms with Gasteiger partial charge in [-0.1, -0.05) is 0 Å². The van der Waals surface area contributed by atoms with E-state index in [4.69, 9.17) is 15.9 Å². The molecule has 0 aliphatic heterocycles. The second-order valence-corrected chi connectivity index (χ2v) is 7.23. The van der Waals surface area contributed by atoms with E-state index in [2.05, 4.69) is 5.32 Å². The van der Waals surface area contributed by atoms with Crippen molar-refractivity contribution in [3.63, 3.8) is 0 Å². The molecule has 0 saturated heterocycles. The second-order valence-electron chi connectivity index (χ2n) is 6.20. The number of hydrogen-bond donors (Lipinski definition) is 4. The van der Waals surface area contributed by atoms with E-state index in [-0.39, 0.29) is 24.3 Å². The molecule has 0 aromatic rings. The van der Waals surface area contributed by atoms with Crippen LogP contribution in [0.1, 0.15) is 26.7 Å². The lowest BCUT2D eigenvalue weighted by atomic mass is 10.1. The van der Waals surface area contributed by atoms with Gasteiger partial charge in [-0.3, -0.25) is 24.0 Å². The van der Waals surface area contributed by atoms with Crippen LogP contribution in [-0.2, 0) is 24.0 Å². The maximum atomic E-state index is 12.3. The van der Waals surface area contributed by atoms with Gasteiger partial charge in [0.2, 0.25) is 11.7 Å². The number of thioether (sulfide) groups is 1. The molecule has 2 atom stereocenters. The predicted molar refractivity (Wildman–Crippen MR) is 108 cm³/mol. The number of Topliss-reactive ketones (excluding diaryl/α,β-unsaturated/α-hetero) is 1. The van der Waals surface area contributed by atoms with Crippen LogP contribution >= 0.6 is 11.8 Å². The van der Waals surface area contributed by atoms with Gasteiger partial charge in [-0.15, -0.1) is 0 Å². The van der Waals surface area contributed by atoms with Gasteiger partial charge in [0.25, 0.3) is 11.8 Å². The summed E-state index contributed by atoms with van der Waals surface area (Å²) in [5.41, 5.74) is 5.32. The van der Waals surface area contributed by atoms with Gasteiger partial charge >= 0.3 is 12.1 Å². The molecule has 0 bridgehead atoms. The third kappa shape index (κ3) is 9.22. The molecule has 4 amide bonds. The van der Waals surface area contributed by atoms with Crippen LogP contribution in [0.5, 0.6) is 0 Å². The average Bonchev–Trinajstić information content (AvgIpc) is 2.70. The normalized spacial score (nSPS) is 12.4. The smallest absolute Gasteiger partial charge is 0.413 e. The summed E-state index contributed by atoms with van der Waals surface area (Å²) in [6.45, 7) is 4.18. The summed E-state index contributed by atoms with van der Waals surface area (Å²) >= 11 is 0.894. The number of nitrogens with one attached hydrogen (secondary N) is 1. The topological polar surface area (TPSA) is 187 Å². The Morgan fingerprint density at radius 1 is 1.07 bits per heavy atom. The molecule has 5 N–H and O–H groups in total. The largest absolute Gasteiger partial charge is 0.480 e. The van der Waals surface area contributed by atoms with Crippen molar-refractivity contribution < 1.29 is 39.0 Å². The summed E-state index contributed by atoms with van der Waals surface area (Å²) < 4.78 is 0. The first kappa shape index (κ1) is 27.3. The molecule has 0 spiro atoms. The van der Waals surface area contributed by atoms with Crippen molar-refractivity contribution >= 4 is 47.3 Å². The molecule has 0 saturated carbocycles. The summed E-state index contributed by atoms with van der Waals surface area (Å²) in [6.07, 6.45) is -2.01. The predicted octanol–water partition coefficient (Wildman–Crippen LogP) is -1.03. The van der Waals surface area contributed by atoms with E-state index >= 15 is 0 Å². The Balaban J connectivity index is 4.98. The van der Waals surface area contributed by atoms with Gasteiger partial charge < -0.3 is 26.2 Å². The number of nitrogens with two attached hydrogens (primary N) is 1. The molecule has 0 rings (SSSR count). The van der Waals surface area contributed by atoms with Crippen molar-refractivity contribution in [1.82, 2.24) is 15.1 Å². The highest BCUT2D eigenvalue weighted by Crippen LogP contribution is 2.08. The highest BCUT2D eigenvalue weighted by molar-refractivity contribution is 8.00. The van der Waals surface area contributed by atoms with Crippen molar-refractivity contribution in [2.75, 3.05) is 31.6 Å². The standard InChI is InChI=1S/C17H28N4O8S/c1-4-21(5-2)15(25)12(22)9-30-8-11(14(24)20(3)17(28)29)19-13(23)7-6-10(18)16(26)27/h10-11H,4-9,18H2,1-3H3,(H,19,23)(H,26,27)(H,28,29). The van der Waals surface area contributed by atoms with Crippen LogP contribution in [0.3, 0.4) is 0 Å². The summed E-state index contributed by atoms with van der Waals surface area (Å²) in [4.78, 5) is 71.8. The number of hydrogen-bond acceptors (Lipinski definition) is 8. The SMILES string of the molecule is CCN(CC)C(=O)C(=O)CSCC(NC(=O)CCC(N)C(=O)O)C(=O)N(C)C(=O)O. The molecule has 2 unspecified atom stereocenters. The van der Waals surface area contributed by atoms with Crippen molar-refractivity contribution in [3.8, 4) is 0 Å². The van der Waals surface area contributed by atoms with Crippen molar-refractivity contribution in [2.24, 2.45) is 5.73 Å². The lowest BCUT2D eigenvalue weighted by Crippen LogP contribution is -2.50. The van der Waals surface area contributed by atoms with Crippen LogP contribution in [0.25, 0.3) is 0 Å². The van der Waals surface area contributed by atoms with Gasteiger partial charge in [-0.05, 0) is 20.3 Å². The van der Waals surface area contributed by atoms with Crippen molar-refractivity contribution in [2.45, 2.75) is 38.8 Å². The third-order valence-corrected chi connectivity index (χ3v) is 5.09. The van der Waals surface area contributed by atoms with E-state index < -0.39 is 47.7 Å². The zero-order valence-corrected chi connectivity index (χ0v) is 17.9. The zero-order valence-electron chi connectivity index (χ0n) is 17.1. The highest BCUT2D eigenvalue weighted by Gasteiger charge is 2.28. The Bertz CT molecular complexity index is 668. The van der Waals surface area contributed by atoms with Gasteiger partial charge in [0.05, 0.1) is 5.75 Å². The van der Waals surface area contributed by atoms with E-state index in [1.54, 1.807) is 13.8 Å². The fourth-order valence-corrected chi connectivity index (χ4v) is 3.09. The van der Waals surface area contributed by atoms with E-state index in [0.717, 1.165) is 18.8 Å². The number of carbonyl (C=O) groups is 6. The molecule has 170 valence electrons. The monoisotopic (exact) mass is 448 g/mol. The first-order chi connectivity index (χ1) is 14.0. The summed E-state index contributed by atoms with van der Waals surface area (Å²) in [5.74, 6) is -4.68. The molecule has 0 aromatic heterocycles. The fraction of sp³-hybridized carbons (Fsp3) is 0.647. The average molecular weight is 448 g/mol. The molecular formula is C17H28N4O8S. The van der Waals surface area contributed by atoms with Crippen LogP contribution in [0, 0.1) is 0 Å². The van der Waals surface area contributed by atoms with Gasteiger partial charge in [-0.2, -0.15) is 11.8 Å². The van der Waals surface area contributed by atoms with E-state index in [1.807, 2.05) is 0 Å². The van der Waals surface area contributed by atoms with Gasteiger partial charge in [-0.25, -0.2) is 9.69 Å². The minimum atomic E-state index is -1.54. The molecular weight excluding hydrogens is 420 g/mol. The Morgan fingerprint density at radius 2 is 1.63 bits per heavy atom. The molecule has 0 aliphatic rings. The van der Waals surface area contributed by atoms with Crippen LogP contribution in [0.15, 0.2) is 0 Å². The second kappa shape index (κ2) is 13.5. The number of amides is 4. The van der Waals surface area contributed by atoms with Gasteiger partial charge in [0.15, 0.2) is 0 Å². The maximum Gasteiger partial charge on any atom is 0.413 e. The third-order valence-electron chi connectivity index (χ3n) is 4.06. The Morgan fingerprint density at radius 3 is 2.10 bits per heavy atom. The fourth-order valence-electron chi connectivity index (χ4n) is 2.20. The Hall–Kier alpha value is -2.67. The minimum Gasteiger partial charge on any atom is -0.480 e. The summed E-state index contributed by atoms with van der Waals surface area (Å²) in [5, 5.41) is 20.0. The van der Waals surface area contributed by atoms with Gasteiger partial charge in [0.1, 0.15) is 12.1 Å². The summed E-state index contributed by atoms with van der Waals surface area (Å²) in [6, 6.07) is -2.55. The van der Waals surface area contributed by atoms with Crippen molar-refractivity contribution in [3.05, 3.63) is 0 Å². The lowest BCUT2D eigenvalue weighted by Gasteiger charge is -2.22. The number of ketones is 1. The molecule has 0 fully saturated rings. The van der Waals surface area contributed by atoms with Crippen LogP contribution in [-0.4, -0.2) is 99.3 Å². The van der Waals surface area contributed by atoms with Crippen molar-refractivity contribution in [1.29, 1.82) is 0 Å². The van der Waals surface area contributed by atoms with E-state index in [0.29, 0.717) is 18.0 Å². The number of likely N-dealkylation sites (N-methyl/N-ethyl adjacent to an activating group) is 2. The Kier molecular flexibility index (Phi) is 12.3. The molecule has 0 aromatic carbocycles. The number of carboxylic acid groups (broad SMARTS) is 2. The highest BCUT2D eigenvalue weighted by atomic mass is 32.2. The first-order valence-electron chi connectivity index (χ1n) is 9.14. The number of carbonyl (C=O) groups excluding carboxylic acids is 4. The molecule has 12 nitrogen and oxygen atoms in total. The molecule has 0 radical (unpaired) electrons. The quantitative estimate of drug-likeness (QED) is 0.254. The number of carboxylic acids is 1. The number of nitrogens with zero attached hydrogens (tertiary/aromatic N) is 2. The van der Waals surface area contributed by atoms with Gasteiger partial charge in [0, 0.05) is 32.3 Å².